The number of nitrogens with zero attached hydrogens (tertiary/aromatic N) is 1. The van der Waals surface area contributed by atoms with Gasteiger partial charge in [0.05, 0.1) is 12.8 Å². The maximum absolute atomic E-state index is 5.22. The molecule has 1 N–H and O–H groups in total. The summed E-state index contributed by atoms with van der Waals surface area (Å²) in [6.45, 7) is 0.708. The molecule has 27 heavy (non-hydrogen) atoms. The molecule has 3 nitrogen and oxygen atoms in total. The summed E-state index contributed by atoms with van der Waals surface area (Å²) in [7, 11) is 1.68. The van der Waals surface area contributed by atoms with E-state index in [1.54, 1.807) is 7.11 Å². The Morgan fingerprint density at radius 3 is 2.30 bits per heavy atom. The summed E-state index contributed by atoms with van der Waals surface area (Å²) < 4.78 is 5.22. The van der Waals surface area contributed by atoms with Gasteiger partial charge in [0, 0.05) is 17.5 Å². The molecule has 136 valence electrons. The number of hydrogen-bond acceptors (Lipinski definition) is 3. The van der Waals surface area contributed by atoms with Gasteiger partial charge in [0.2, 0.25) is 0 Å². The van der Waals surface area contributed by atoms with E-state index in [1.165, 1.54) is 10.9 Å². The first-order chi connectivity index (χ1) is 12.8. The first-order valence-corrected chi connectivity index (χ1v) is 8.65. The molecule has 0 saturated heterocycles. The van der Waals surface area contributed by atoms with E-state index < -0.39 is 0 Å². The van der Waals surface area contributed by atoms with Crippen LogP contribution in [-0.2, 0) is 6.54 Å². The number of methoxy groups -OCH3 is 1. The summed E-state index contributed by atoms with van der Waals surface area (Å²) in [5, 5.41) is 5.80. The molecule has 4 aromatic rings. The topological polar surface area (TPSA) is 34.1 Å². The van der Waals surface area contributed by atoms with Gasteiger partial charge >= 0.3 is 0 Å². The van der Waals surface area contributed by atoms with E-state index in [-0.39, 0.29) is 12.4 Å². The minimum absolute atomic E-state index is 0. The highest BCUT2D eigenvalue weighted by Crippen LogP contribution is 2.28. The van der Waals surface area contributed by atoms with Crippen molar-refractivity contribution < 1.29 is 4.74 Å². The molecule has 4 heteroatoms. The predicted octanol–water partition coefficient (Wildman–Crippen LogP) is 5.94. The third-order valence-corrected chi connectivity index (χ3v) is 4.43. The van der Waals surface area contributed by atoms with Crippen molar-refractivity contribution in [1.29, 1.82) is 0 Å². The van der Waals surface area contributed by atoms with Gasteiger partial charge in [-0.05, 0) is 29.1 Å². The Labute approximate surface area is 165 Å². The van der Waals surface area contributed by atoms with E-state index >= 15 is 0 Å². The van der Waals surface area contributed by atoms with Gasteiger partial charge in [-0.2, -0.15) is 0 Å². The SMILES string of the molecule is COc1ccc(CNc2nc(-c3ccccc3)cc3ccccc23)cc1.Cl. The van der Waals surface area contributed by atoms with Gasteiger partial charge in [-0.25, -0.2) is 4.98 Å². The maximum atomic E-state index is 5.22. The third-order valence-electron chi connectivity index (χ3n) is 4.43. The van der Waals surface area contributed by atoms with Crippen LogP contribution in [0.25, 0.3) is 22.0 Å². The highest BCUT2D eigenvalue weighted by atomic mass is 35.5. The average molecular weight is 377 g/mol. The first-order valence-electron chi connectivity index (χ1n) is 8.65. The van der Waals surface area contributed by atoms with Crippen LogP contribution in [-0.4, -0.2) is 12.1 Å². The molecule has 0 aliphatic rings. The van der Waals surface area contributed by atoms with Crippen LogP contribution in [0.5, 0.6) is 5.75 Å². The molecule has 0 fully saturated rings. The number of rotatable bonds is 5. The lowest BCUT2D eigenvalue weighted by Crippen LogP contribution is -2.03. The Bertz CT molecular complexity index is 1020. The van der Waals surface area contributed by atoms with Gasteiger partial charge in [-0.15, -0.1) is 12.4 Å². The Morgan fingerprint density at radius 2 is 1.56 bits per heavy atom. The predicted molar refractivity (Wildman–Crippen MR) is 115 cm³/mol. The normalized spacial score (nSPS) is 10.3. The van der Waals surface area contributed by atoms with Gasteiger partial charge in [0.1, 0.15) is 11.6 Å². The fourth-order valence-electron chi connectivity index (χ4n) is 3.02. The summed E-state index contributed by atoms with van der Waals surface area (Å²) in [4.78, 5) is 4.88. The zero-order valence-corrected chi connectivity index (χ0v) is 15.9. The molecule has 0 amide bonds. The van der Waals surface area contributed by atoms with Gasteiger partial charge in [0.15, 0.2) is 0 Å². The van der Waals surface area contributed by atoms with E-state index in [0.717, 1.165) is 28.2 Å². The van der Waals surface area contributed by atoms with E-state index in [2.05, 4.69) is 53.8 Å². The molecule has 0 spiro atoms. The van der Waals surface area contributed by atoms with Crippen LogP contribution in [0.3, 0.4) is 0 Å². The Kier molecular flexibility index (Phi) is 5.94. The van der Waals surface area contributed by atoms with Crippen molar-refractivity contribution in [2.75, 3.05) is 12.4 Å². The molecule has 0 unspecified atom stereocenters. The van der Waals surface area contributed by atoms with Gasteiger partial charge < -0.3 is 10.1 Å². The average Bonchev–Trinajstić information content (AvgIpc) is 2.73. The minimum atomic E-state index is 0. The Morgan fingerprint density at radius 1 is 0.852 bits per heavy atom. The molecule has 0 bridgehead atoms. The second-order valence-electron chi connectivity index (χ2n) is 6.14. The summed E-state index contributed by atoms with van der Waals surface area (Å²) in [5.74, 6) is 1.76. The number of hydrogen-bond donors (Lipinski definition) is 1. The van der Waals surface area contributed by atoms with Crippen LogP contribution in [0.2, 0.25) is 0 Å². The van der Waals surface area contributed by atoms with E-state index in [0.29, 0.717) is 6.54 Å². The molecule has 4 rings (SSSR count). The molecule has 3 aromatic carbocycles. The van der Waals surface area contributed by atoms with E-state index in [4.69, 9.17) is 9.72 Å². The van der Waals surface area contributed by atoms with Crippen LogP contribution >= 0.6 is 12.4 Å². The quantitative estimate of drug-likeness (QED) is 0.467. The largest absolute Gasteiger partial charge is 0.497 e. The summed E-state index contributed by atoms with van der Waals surface area (Å²) in [5.41, 5.74) is 3.27. The highest BCUT2D eigenvalue weighted by Gasteiger charge is 2.07. The van der Waals surface area contributed by atoms with Crippen LogP contribution in [0.1, 0.15) is 5.56 Å². The molecule has 0 radical (unpaired) electrons. The molecule has 0 saturated carbocycles. The van der Waals surface area contributed by atoms with Crippen LogP contribution in [0.4, 0.5) is 5.82 Å². The number of aromatic nitrogens is 1. The molecule has 0 aliphatic carbocycles. The van der Waals surface area contributed by atoms with Crippen molar-refractivity contribution in [3.8, 4) is 17.0 Å². The van der Waals surface area contributed by atoms with Crippen molar-refractivity contribution in [1.82, 2.24) is 4.98 Å². The van der Waals surface area contributed by atoms with Crippen LogP contribution in [0.15, 0.2) is 84.9 Å². The van der Waals surface area contributed by atoms with E-state index in [9.17, 15) is 0 Å². The Balaban J connectivity index is 0.00000210. The highest BCUT2D eigenvalue weighted by molar-refractivity contribution is 5.94. The summed E-state index contributed by atoms with van der Waals surface area (Å²) >= 11 is 0. The fraction of sp³-hybridized carbons (Fsp3) is 0.0870. The molecule has 1 aromatic heterocycles. The molecule has 0 aliphatic heterocycles. The molecular weight excluding hydrogens is 356 g/mol. The number of halogens is 1. The summed E-state index contributed by atoms with van der Waals surface area (Å²) in [6.07, 6.45) is 0. The molecule has 0 atom stereocenters. The van der Waals surface area contributed by atoms with Crippen molar-refractivity contribution in [2.45, 2.75) is 6.54 Å². The number of ether oxygens (including phenoxy) is 1. The van der Waals surface area contributed by atoms with Crippen molar-refractivity contribution in [3.63, 3.8) is 0 Å². The zero-order chi connectivity index (χ0) is 17.8. The lowest BCUT2D eigenvalue weighted by molar-refractivity contribution is 0.414. The number of anilines is 1. The fourth-order valence-corrected chi connectivity index (χ4v) is 3.02. The summed E-state index contributed by atoms with van der Waals surface area (Å²) in [6, 6.07) is 28.8. The molecular formula is C23H21ClN2O. The second-order valence-corrected chi connectivity index (χ2v) is 6.14. The number of fused-ring (bicyclic) bond motifs is 1. The lowest BCUT2D eigenvalue weighted by Gasteiger charge is -2.12. The third kappa shape index (κ3) is 4.21. The second kappa shape index (κ2) is 8.56. The van der Waals surface area contributed by atoms with Crippen LogP contribution < -0.4 is 10.1 Å². The molecule has 1 heterocycles. The van der Waals surface area contributed by atoms with Crippen LogP contribution in [0, 0.1) is 0 Å². The smallest absolute Gasteiger partial charge is 0.134 e. The minimum Gasteiger partial charge on any atom is -0.497 e. The van der Waals surface area contributed by atoms with Crippen molar-refractivity contribution in [3.05, 3.63) is 90.5 Å². The first kappa shape index (κ1) is 18.7. The number of pyridine rings is 1. The standard InChI is InChI=1S/C23H20N2O.ClH/c1-26-20-13-11-17(12-14-20)16-24-23-21-10-6-5-9-19(21)15-22(25-23)18-7-3-2-4-8-18;/h2-15H,16H2,1H3,(H,24,25);1H. The van der Waals surface area contributed by atoms with Gasteiger partial charge in [0.25, 0.3) is 0 Å². The number of nitrogens with one attached hydrogen (secondary N) is 1. The van der Waals surface area contributed by atoms with Gasteiger partial charge in [-0.3, -0.25) is 0 Å². The van der Waals surface area contributed by atoms with Crippen molar-refractivity contribution in [2.24, 2.45) is 0 Å². The zero-order valence-electron chi connectivity index (χ0n) is 15.1. The maximum Gasteiger partial charge on any atom is 0.134 e. The number of benzene rings is 3. The monoisotopic (exact) mass is 376 g/mol. The Hall–Kier alpha value is -3.04. The van der Waals surface area contributed by atoms with Crippen molar-refractivity contribution >= 4 is 29.0 Å². The van der Waals surface area contributed by atoms with Gasteiger partial charge in [-0.1, -0.05) is 66.7 Å². The van der Waals surface area contributed by atoms with E-state index in [1.807, 2.05) is 36.4 Å². The lowest BCUT2D eigenvalue weighted by atomic mass is 10.1.